The van der Waals surface area contributed by atoms with Crippen LogP contribution in [-0.2, 0) is 0 Å². The molecule has 1 amide bonds. The second-order valence-electron chi connectivity index (χ2n) is 6.79. The van der Waals surface area contributed by atoms with Crippen molar-refractivity contribution in [1.82, 2.24) is 4.98 Å². The Kier molecular flexibility index (Phi) is 5.37. The number of piperazine rings is 1. The lowest BCUT2D eigenvalue weighted by Crippen LogP contribution is -2.46. The summed E-state index contributed by atoms with van der Waals surface area (Å²) in [5, 5.41) is 2.53. The maximum atomic E-state index is 13.7. The van der Waals surface area contributed by atoms with Gasteiger partial charge >= 0.3 is 0 Å². The van der Waals surface area contributed by atoms with Crippen LogP contribution in [0.25, 0.3) is 0 Å². The van der Waals surface area contributed by atoms with Crippen LogP contribution in [-0.4, -0.2) is 37.1 Å². The molecule has 1 aliphatic heterocycles. The van der Waals surface area contributed by atoms with Gasteiger partial charge in [-0.2, -0.15) is 0 Å². The average Bonchev–Trinajstić information content (AvgIpc) is 2.76. The monoisotopic (exact) mass is 394 g/mol. The van der Waals surface area contributed by atoms with Crippen LogP contribution in [0.15, 0.2) is 66.9 Å². The third-order valence-electron chi connectivity index (χ3n) is 4.94. The molecule has 1 aromatic heterocycles. The Labute approximate surface area is 167 Å². The van der Waals surface area contributed by atoms with Crippen molar-refractivity contribution in [2.45, 2.75) is 0 Å². The first-order chi connectivity index (χ1) is 14.1. The molecule has 1 fully saturated rings. The Morgan fingerprint density at radius 1 is 0.828 bits per heavy atom. The number of halogens is 2. The number of carbonyl (C=O) groups excluding carboxylic acids is 1. The van der Waals surface area contributed by atoms with Gasteiger partial charge in [0.05, 0.1) is 17.6 Å². The lowest BCUT2D eigenvalue weighted by molar-refractivity contribution is 0.102. The first kappa shape index (κ1) is 18.9. The van der Waals surface area contributed by atoms with E-state index in [4.69, 9.17) is 0 Å². The normalized spacial score (nSPS) is 14.0. The summed E-state index contributed by atoms with van der Waals surface area (Å²) < 4.78 is 26.8. The molecule has 0 aliphatic carbocycles. The maximum absolute atomic E-state index is 13.7. The molecule has 0 bridgehead atoms. The number of benzene rings is 2. The molecule has 1 aliphatic rings. The Balaban J connectivity index is 1.36. The zero-order valence-corrected chi connectivity index (χ0v) is 15.7. The fourth-order valence-electron chi connectivity index (χ4n) is 3.33. The molecule has 0 saturated carbocycles. The molecule has 5 nitrogen and oxygen atoms in total. The van der Waals surface area contributed by atoms with Gasteiger partial charge in [0.2, 0.25) is 0 Å². The van der Waals surface area contributed by atoms with Crippen molar-refractivity contribution in [3.8, 4) is 0 Å². The molecule has 4 rings (SSSR count). The number of aromatic nitrogens is 1. The van der Waals surface area contributed by atoms with Crippen LogP contribution >= 0.6 is 0 Å². The van der Waals surface area contributed by atoms with Gasteiger partial charge < -0.3 is 15.1 Å². The van der Waals surface area contributed by atoms with E-state index in [0.717, 1.165) is 37.6 Å². The van der Waals surface area contributed by atoms with Crippen LogP contribution in [0, 0.1) is 11.6 Å². The lowest BCUT2D eigenvalue weighted by atomic mass is 10.2. The minimum absolute atomic E-state index is 0.125. The molecule has 2 heterocycles. The molecule has 148 valence electrons. The predicted octanol–water partition coefficient (Wildman–Crippen LogP) is 3.94. The van der Waals surface area contributed by atoms with Crippen molar-refractivity contribution in [3.05, 3.63) is 84.2 Å². The molecular formula is C22H20F2N4O. The molecule has 0 atom stereocenters. The van der Waals surface area contributed by atoms with Crippen LogP contribution in [0.4, 0.5) is 25.8 Å². The van der Waals surface area contributed by atoms with Crippen molar-refractivity contribution in [3.63, 3.8) is 0 Å². The quantitative estimate of drug-likeness (QED) is 0.728. The Bertz CT molecular complexity index is 984. The maximum Gasteiger partial charge on any atom is 0.274 e. The topological polar surface area (TPSA) is 48.5 Å². The largest absolute Gasteiger partial charge is 0.368 e. The van der Waals surface area contributed by atoms with Gasteiger partial charge in [0, 0.05) is 31.9 Å². The third-order valence-corrected chi connectivity index (χ3v) is 4.94. The number of amides is 1. The first-order valence-corrected chi connectivity index (χ1v) is 9.37. The third kappa shape index (κ3) is 4.34. The molecule has 3 aromatic rings. The molecule has 0 unspecified atom stereocenters. The molecule has 2 aromatic carbocycles. The van der Waals surface area contributed by atoms with Crippen LogP contribution < -0.4 is 15.1 Å². The van der Waals surface area contributed by atoms with Crippen LogP contribution in [0.5, 0.6) is 0 Å². The molecule has 7 heteroatoms. The van der Waals surface area contributed by atoms with Gasteiger partial charge in [-0.15, -0.1) is 0 Å². The number of carbonyl (C=O) groups is 1. The van der Waals surface area contributed by atoms with Crippen molar-refractivity contribution in [2.24, 2.45) is 0 Å². The van der Waals surface area contributed by atoms with Gasteiger partial charge in [-0.3, -0.25) is 4.79 Å². The number of hydrogen-bond donors (Lipinski definition) is 1. The molecule has 0 radical (unpaired) electrons. The second kappa shape index (κ2) is 8.26. The Hall–Kier alpha value is -3.48. The first-order valence-electron chi connectivity index (χ1n) is 9.37. The number of pyridine rings is 1. The number of rotatable bonds is 4. The number of anilines is 3. The highest BCUT2D eigenvalue weighted by molar-refractivity contribution is 6.03. The van der Waals surface area contributed by atoms with E-state index in [1.54, 1.807) is 36.5 Å². The fourth-order valence-corrected chi connectivity index (χ4v) is 3.33. The van der Waals surface area contributed by atoms with E-state index >= 15 is 0 Å². The number of para-hydroxylation sites is 1. The Morgan fingerprint density at radius 3 is 2.07 bits per heavy atom. The molecule has 1 saturated heterocycles. The van der Waals surface area contributed by atoms with E-state index < -0.39 is 11.7 Å². The summed E-state index contributed by atoms with van der Waals surface area (Å²) in [6.45, 7) is 3.20. The van der Waals surface area contributed by atoms with Crippen LogP contribution in [0.2, 0.25) is 0 Å². The van der Waals surface area contributed by atoms with Crippen molar-refractivity contribution < 1.29 is 13.6 Å². The SMILES string of the molecule is O=C(Nc1ccccc1F)c1ccc(N2CCN(c3ccc(F)cc3)CC2)cn1. The second-order valence-corrected chi connectivity index (χ2v) is 6.79. The molecule has 0 spiro atoms. The van der Waals surface area contributed by atoms with Crippen LogP contribution in [0.3, 0.4) is 0 Å². The number of hydrogen-bond acceptors (Lipinski definition) is 4. The highest BCUT2D eigenvalue weighted by Gasteiger charge is 2.18. The predicted molar refractivity (Wildman–Crippen MR) is 109 cm³/mol. The summed E-state index contributed by atoms with van der Waals surface area (Å²) in [6.07, 6.45) is 1.66. The van der Waals surface area contributed by atoms with Crippen molar-refractivity contribution in [2.75, 3.05) is 41.3 Å². The van der Waals surface area contributed by atoms with Gasteiger partial charge in [0.1, 0.15) is 17.3 Å². The van der Waals surface area contributed by atoms with Gasteiger partial charge in [0.25, 0.3) is 5.91 Å². The van der Waals surface area contributed by atoms with Gasteiger partial charge in [-0.1, -0.05) is 12.1 Å². The van der Waals surface area contributed by atoms with E-state index in [9.17, 15) is 13.6 Å². The zero-order valence-electron chi connectivity index (χ0n) is 15.7. The van der Waals surface area contributed by atoms with E-state index in [2.05, 4.69) is 20.1 Å². The minimum Gasteiger partial charge on any atom is -0.368 e. The van der Waals surface area contributed by atoms with Crippen molar-refractivity contribution in [1.29, 1.82) is 0 Å². The molecule has 29 heavy (non-hydrogen) atoms. The highest BCUT2D eigenvalue weighted by atomic mass is 19.1. The summed E-state index contributed by atoms with van der Waals surface area (Å²) in [7, 11) is 0. The smallest absolute Gasteiger partial charge is 0.274 e. The fraction of sp³-hybridized carbons (Fsp3) is 0.182. The standard InChI is InChI=1S/C22H20F2N4O/c23-16-5-7-17(8-6-16)27-11-13-28(14-12-27)18-9-10-21(25-15-18)22(29)26-20-4-2-1-3-19(20)24/h1-10,15H,11-14H2,(H,26,29). The number of nitrogens with zero attached hydrogens (tertiary/aromatic N) is 3. The van der Waals surface area contributed by atoms with E-state index in [0.29, 0.717) is 0 Å². The highest BCUT2D eigenvalue weighted by Crippen LogP contribution is 2.21. The minimum atomic E-state index is -0.489. The molecule has 1 N–H and O–H groups in total. The Morgan fingerprint density at radius 2 is 1.45 bits per heavy atom. The van der Waals surface area contributed by atoms with Crippen molar-refractivity contribution >= 4 is 23.0 Å². The van der Waals surface area contributed by atoms with E-state index in [1.807, 2.05) is 6.07 Å². The van der Waals surface area contributed by atoms with E-state index in [-0.39, 0.29) is 17.2 Å². The summed E-state index contributed by atoms with van der Waals surface area (Å²) in [5.41, 5.74) is 2.28. The lowest BCUT2D eigenvalue weighted by Gasteiger charge is -2.37. The number of nitrogens with one attached hydrogen (secondary N) is 1. The molecular weight excluding hydrogens is 374 g/mol. The van der Waals surface area contributed by atoms with Gasteiger partial charge in [0.15, 0.2) is 0 Å². The van der Waals surface area contributed by atoms with Crippen LogP contribution in [0.1, 0.15) is 10.5 Å². The van der Waals surface area contributed by atoms with E-state index in [1.165, 1.54) is 24.3 Å². The zero-order chi connectivity index (χ0) is 20.2. The average molecular weight is 394 g/mol. The summed E-state index contributed by atoms with van der Waals surface area (Å²) in [5.74, 6) is -1.18. The summed E-state index contributed by atoms with van der Waals surface area (Å²) >= 11 is 0. The summed E-state index contributed by atoms with van der Waals surface area (Å²) in [4.78, 5) is 20.9. The van der Waals surface area contributed by atoms with Gasteiger partial charge in [-0.25, -0.2) is 13.8 Å². The van der Waals surface area contributed by atoms with Gasteiger partial charge in [-0.05, 0) is 48.5 Å². The summed E-state index contributed by atoms with van der Waals surface area (Å²) in [6, 6.07) is 16.0.